The first-order valence-corrected chi connectivity index (χ1v) is 9.68. The van der Waals surface area contributed by atoms with Gasteiger partial charge in [0.1, 0.15) is 18.2 Å². The van der Waals surface area contributed by atoms with Crippen molar-refractivity contribution in [3.05, 3.63) is 60.2 Å². The topological polar surface area (TPSA) is 61.8 Å². The first-order valence-electron chi connectivity index (χ1n) is 9.15. The predicted octanol–water partition coefficient (Wildman–Crippen LogP) is 2.95. The summed E-state index contributed by atoms with van der Waals surface area (Å²) in [5, 5.41) is 13.3. The van der Waals surface area contributed by atoms with Crippen LogP contribution in [0.1, 0.15) is 18.4 Å². The molecule has 1 aliphatic rings. The molecule has 2 aromatic carbocycles. The molecule has 2 aromatic rings. The first-order chi connectivity index (χ1) is 13.1. The Morgan fingerprint density at radius 1 is 1.11 bits per heavy atom. The van der Waals surface area contributed by atoms with Crippen molar-refractivity contribution in [3.63, 3.8) is 0 Å². The van der Waals surface area contributed by atoms with Gasteiger partial charge in [0, 0.05) is 25.3 Å². The monoisotopic (exact) mass is 388 g/mol. The third kappa shape index (κ3) is 5.62. The summed E-state index contributed by atoms with van der Waals surface area (Å²) in [5.41, 5.74) is 1.38. The molecule has 2 N–H and O–H groups in total. The van der Waals surface area contributed by atoms with Gasteiger partial charge >= 0.3 is 0 Å². The molecule has 144 valence electrons. The molecule has 0 atom stereocenters. The van der Waals surface area contributed by atoms with Gasteiger partial charge in [-0.3, -0.25) is 4.79 Å². The van der Waals surface area contributed by atoms with Crippen LogP contribution in [-0.2, 0) is 11.4 Å². The van der Waals surface area contributed by atoms with Crippen LogP contribution >= 0.6 is 11.6 Å². The number of anilines is 1. The maximum atomic E-state index is 11.3. The molecule has 0 saturated carbocycles. The number of carbonyl (C=O) groups is 1. The van der Waals surface area contributed by atoms with Crippen molar-refractivity contribution < 1.29 is 14.6 Å². The van der Waals surface area contributed by atoms with E-state index >= 15 is 0 Å². The lowest BCUT2D eigenvalue weighted by atomic mass is 9.91. The van der Waals surface area contributed by atoms with E-state index in [9.17, 15) is 9.90 Å². The van der Waals surface area contributed by atoms with E-state index in [2.05, 4.69) is 10.2 Å². The summed E-state index contributed by atoms with van der Waals surface area (Å²) >= 11 is 5.48. The molecule has 5 nitrogen and oxygen atoms in total. The van der Waals surface area contributed by atoms with Crippen molar-refractivity contribution in [1.29, 1.82) is 0 Å². The van der Waals surface area contributed by atoms with Gasteiger partial charge in [-0.15, -0.1) is 11.6 Å². The fraction of sp³-hybridized carbons (Fsp3) is 0.381. The number of hydrogen-bond acceptors (Lipinski definition) is 4. The van der Waals surface area contributed by atoms with Crippen molar-refractivity contribution in [3.8, 4) is 5.75 Å². The highest BCUT2D eigenvalue weighted by atomic mass is 35.5. The molecule has 1 heterocycles. The molecular weight excluding hydrogens is 364 g/mol. The summed E-state index contributed by atoms with van der Waals surface area (Å²) in [4.78, 5) is 13.5. The molecule has 1 saturated heterocycles. The normalized spacial score (nSPS) is 16.0. The number of ether oxygens (including phenoxy) is 1. The van der Waals surface area contributed by atoms with Gasteiger partial charge in [0.2, 0.25) is 5.91 Å². The van der Waals surface area contributed by atoms with E-state index in [0.717, 1.165) is 30.1 Å². The first kappa shape index (κ1) is 19.5. The van der Waals surface area contributed by atoms with Gasteiger partial charge < -0.3 is 20.1 Å². The van der Waals surface area contributed by atoms with Crippen molar-refractivity contribution in [1.82, 2.24) is 5.32 Å². The third-order valence-electron chi connectivity index (χ3n) is 4.88. The predicted molar refractivity (Wildman–Crippen MR) is 107 cm³/mol. The second-order valence-electron chi connectivity index (χ2n) is 6.89. The number of alkyl halides is 1. The van der Waals surface area contributed by atoms with Gasteiger partial charge in [-0.2, -0.15) is 0 Å². The number of aliphatic hydroxyl groups is 1. The number of halogens is 1. The standard InChI is InChI=1S/C21H25ClN2O3/c22-14-20(25)23-16-21(26)10-12-24(13-11-21)18-6-8-19(9-7-18)27-15-17-4-2-1-3-5-17/h1-9,26H,10-16H2,(H,23,25). The van der Waals surface area contributed by atoms with Crippen LogP contribution < -0.4 is 15.0 Å². The number of rotatable bonds is 7. The van der Waals surface area contributed by atoms with E-state index in [1.807, 2.05) is 54.6 Å². The largest absolute Gasteiger partial charge is 0.489 e. The summed E-state index contributed by atoms with van der Waals surface area (Å²) < 4.78 is 5.82. The Balaban J connectivity index is 1.49. The second kappa shape index (κ2) is 9.11. The number of nitrogens with one attached hydrogen (secondary N) is 1. The zero-order valence-corrected chi connectivity index (χ0v) is 16.0. The zero-order chi connectivity index (χ0) is 19.1. The van der Waals surface area contributed by atoms with Crippen LogP contribution in [0.3, 0.4) is 0 Å². The summed E-state index contributed by atoms with van der Waals surface area (Å²) in [5.74, 6) is 0.500. The Morgan fingerprint density at radius 2 is 1.78 bits per heavy atom. The van der Waals surface area contributed by atoms with E-state index in [1.165, 1.54) is 0 Å². The van der Waals surface area contributed by atoms with Crippen LogP contribution in [0.2, 0.25) is 0 Å². The number of hydrogen-bond donors (Lipinski definition) is 2. The van der Waals surface area contributed by atoms with Gasteiger partial charge in [-0.05, 0) is 42.7 Å². The Labute approximate surface area is 164 Å². The highest BCUT2D eigenvalue weighted by Gasteiger charge is 2.32. The molecule has 1 amide bonds. The van der Waals surface area contributed by atoms with E-state index in [0.29, 0.717) is 19.4 Å². The summed E-state index contributed by atoms with van der Waals surface area (Å²) in [6.07, 6.45) is 1.20. The van der Waals surface area contributed by atoms with E-state index in [-0.39, 0.29) is 18.3 Å². The average Bonchev–Trinajstić information content (AvgIpc) is 2.72. The maximum Gasteiger partial charge on any atom is 0.235 e. The van der Waals surface area contributed by atoms with Crippen molar-refractivity contribution in [2.45, 2.75) is 25.0 Å². The summed E-state index contributed by atoms with van der Waals surface area (Å²) in [6, 6.07) is 18.1. The van der Waals surface area contributed by atoms with Crippen LogP contribution in [-0.4, -0.2) is 42.1 Å². The Kier molecular flexibility index (Phi) is 6.58. The highest BCUT2D eigenvalue weighted by molar-refractivity contribution is 6.27. The van der Waals surface area contributed by atoms with Gasteiger partial charge in [0.05, 0.1) is 5.60 Å². The Morgan fingerprint density at radius 3 is 2.41 bits per heavy atom. The average molecular weight is 389 g/mol. The molecule has 6 heteroatoms. The molecule has 1 fully saturated rings. The van der Waals surface area contributed by atoms with Gasteiger partial charge in [0.25, 0.3) is 0 Å². The quantitative estimate of drug-likeness (QED) is 0.716. The van der Waals surface area contributed by atoms with Crippen molar-refractivity contribution in [2.75, 3.05) is 30.4 Å². The SMILES string of the molecule is O=C(CCl)NCC1(O)CCN(c2ccc(OCc3ccccc3)cc2)CC1. The molecule has 3 rings (SSSR count). The van der Waals surface area contributed by atoms with Crippen molar-refractivity contribution >= 4 is 23.2 Å². The molecule has 0 unspecified atom stereocenters. The minimum Gasteiger partial charge on any atom is -0.489 e. The zero-order valence-electron chi connectivity index (χ0n) is 15.2. The fourth-order valence-electron chi connectivity index (χ4n) is 3.16. The van der Waals surface area contributed by atoms with Crippen LogP contribution in [0.4, 0.5) is 5.69 Å². The lowest BCUT2D eigenvalue weighted by molar-refractivity contribution is -0.120. The van der Waals surface area contributed by atoms with Crippen LogP contribution in [0, 0.1) is 0 Å². The van der Waals surface area contributed by atoms with E-state index in [4.69, 9.17) is 16.3 Å². The molecule has 1 aliphatic heterocycles. The minimum absolute atomic E-state index is 0.0824. The maximum absolute atomic E-state index is 11.3. The lowest BCUT2D eigenvalue weighted by Crippen LogP contribution is -2.51. The Hall–Kier alpha value is -2.24. The van der Waals surface area contributed by atoms with Gasteiger partial charge in [-0.1, -0.05) is 30.3 Å². The van der Waals surface area contributed by atoms with E-state index < -0.39 is 5.60 Å². The van der Waals surface area contributed by atoms with Crippen LogP contribution in [0.25, 0.3) is 0 Å². The van der Waals surface area contributed by atoms with Gasteiger partial charge in [0.15, 0.2) is 0 Å². The summed E-state index contributed by atoms with van der Waals surface area (Å²) in [6.45, 7) is 2.26. The van der Waals surface area contributed by atoms with Crippen molar-refractivity contribution in [2.24, 2.45) is 0 Å². The number of nitrogens with zero attached hydrogens (tertiary/aromatic N) is 1. The summed E-state index contributed by atoms with van der Waals surface area (Å²) in [7, 11) is 0. The number of piperidine rings is 1. The molecular formula is C21H25ClN2O3. The smallest absolute Gasteiger partial charge is 0.235 e. The number of benzene rings is 2. The third-order valence-corrected chi connectivity index (χ3v) is 5.12. The Bertz CT molecular complexity index is 729. The van der Waals surface area contributed by atoms with Crippen LogP contribution in [0.15, 0.2) is 54.6 Å². The van der Waals surface area contributed by atoms with Crippen LogP contribution in [0.5, 0.6) is 5.75 Å². The minimum atomic E-state index is -0.864. The van der Waals surface area contributed by atoms with E-state index in [1.54, 1.807) is 0 Å². The molecule has 0 radical (unpaired) electrons. The van der Waals surface area contributed by atoms with Gasteiger partial charge in [-0.25, -0.2) is 0 Å². The second-order valence-corrected chi connectivity index (χ2v) is 7.16. The molecule has 0 bridgehead atoms. The molecule has 27 heavy (non-hydrogen) atoms. The fourth-order valence-corrected chi connectivity index (χ4v) is 3.26. The highest BCUT2D eigenvalue weighted by Crippen LogP contribution is 2.27. The number of amides is 1. The molecule has 0 aliphatic carbocycles. The number of carbonyl (C=O) groups excluding carboxylic acids is 1. The lowest BCUT2D eigenvalue weighted by Gasteiger charge is -2.39. The molecule has 0 aromatic heterocycles. The molecule has 0 spiro atoms.